The van der Waals surface area contributed by atoms with E-state index in [9.17, 15) is 0 Å². The molecule has 0 aliphatic heterocycles. The number of nitrogens with zero attached hydrogens (tertiary/aromatic N) is 3. The first-order valence-electron chi connectivity index (χ1n) is 6.63. The summed E-state index contributed by atoms with van der Waals surface area (Å²) in [6.45, 7) is 7.49. The summed E-state index contributed by atoms with van der Waals surface area (Å²) in [6, 6.07) is 0.171. The van der Waals surface area contributed by atoms with Gasteiger partial charge in [-0.15, -0.1) is 0 Å². The molecule has 0 radical (unpaired) electrons. The van der Waals surface area contributed by atoms with E-state index in [1.54, 1.807) is 0 Å². The van der Waals surface area contributed by atoms with Crippen molar-refractivity contribution in [2.75, 3.05) is 14.1 Å². The summed E-state index contributed by atoms with van der Waals surface area (Å²) in [7, 11) is 4.19. The summed E-state index contributed by atoms with van der Waals surface area (Å²) in [5.41, 5.74) is 2.98. The second-order valence-electron chi connectivity index (χ2n) is 5.16. The van der Waals surface area contributed by atoms with Crippen LogP contribution in [-0.2, 0) is 13.0 Å². The fraction of sp³-hybridized carbons (Fsp3) is 0.769. The molecule has 0 aliphatic carbocycles. The smallest absolute Gasteiger partial charge is 0.110 e. The summed E-state index contributed by atoms with van der Waals surface area (Å²) in [5.74, 6) is 6.85. The van der Waals surface area contributed by atoms with Crippen LogP contribution in [-0.4, -0.2) is 40.1 Å². The highest BCUT2D eigenvalue weighted by atomic mass is 15.3. The minimum absolute atomic E-state index is 0.0132. The van der Waals surface area contributed by atoms with E-state index in [1.165, 1.54) is 0 Å². The zero-order chi connectivity index (χ0) is 13.8. The lowest BCUT2D eigenvalue weighted by Gasteiger charge is -2.42. The number of hydrogen-bond acceptors (Lipinski definition) is 4. The number of aryl methyl sites for hydroxylation is 1. The van der Waals surface area contributed by atoms with Crippen molar-refractivity contribution in [1.82, 2.24) is 19.9 Å². The maximum Gasteiger partial charge on any atom is 0.110 e. The molecular formula is C13H27N5. The van der Waals surface area contributed by atoms with E-state index in [0.717, 1.165) is 25.2 Å². The molecule has 0 bridgehead atoms. The maximum absolute atomic E-state index is 5.77. The number of imidazole rings is 1. The predicted molar refractivity (Wildman–Crippen MR) is 75.1 cm³/mol. The lowest BCUT2D eigenvalue weighted by Crippen LogP contribution is -2.59. The Hall–Kier alpha value is -0.910. The molecule has 0 spiro atoms. The minimum Gasteiger partial charge on any atom is -0.335 e. The Kier molecular flexibility index (Phi) is 5.31. The first-order valence-corrected chi connectivity index (χ1v) is 6.63. The van der Waals surface area contributed by atoms with Gasteiger partial charge in [-0.25, -0.2) is 4.98 Å². The Labute approximate surface area is 110 Å². The van der Waals surface area contributed by atoms with Crippen molar-refractivity contribution < 1.29 is 0 Å². The fourth-order valence-corrected chi connectivity index (χ4v) is 2.33. The van der Waals surface area contributed by atoms with Gasteiger partial charge < -0.3 is 9.47 Å². The van der Waals surface area contributed by atoms with Crippen LogP contribution in [0.5, 0.6) is 0 Å². The second kappa shape index (κ2) is 6.31. The zero-order valence-corrected chi connectivity index (χ0v) is 12.3. The van der Waals surface area contributed by atoms with Crippen LogP contribution in [0, 0.1) is 0 Å². The van der Waals surface area contributed by atoms with Crippen molar-refractivity contribution >= 4 is 0 Å². The van der Waals surface area contributed by atoms with Crippen LogP contribution < -0.4 is 11.3 Å². The number of likely N-dealkylation sites (N-methyl/N-ethyl adjacent to an activating group) is 1. The van der Waals surface area contributed by atoms with Gasteiger partial charge in [0.05, 0.1) is 0 Å². The van der Waals surface area contributed by atoms with Gasteiger partial charge in [0.25, 0.3) is 0 Å². The number of hydrazine groups is 1. The predicted octanol–water partition coefficient (Wildman–Crippen LogP) is 1.01. The Balaban J connectivity index is 2.90. The molecule has 0 saturated heterocycles. The van der Waals surface area contributed by atoms with Gasteiger partial charge in [0.2, 0.25) is 0 Å². The van der Waals surface area contributed by atoms with Gasteiger partial charge >= 0.3 is 0 Å². The molecule has 3 N–H and O–H groups in total. The van der Waals surface area contributed by atoms with Crippen molar-refractivity contribution in [1.29, 1.82) is 0 Å². The third-order valence-corrected chi connectivity index (χ3v) is 4.22. The highest BCUT2D eigenvalue weighted by Gasteiger charge is 2.34. The van der Waals surface area contributed by atoms with Crippen molar-refractivity contribution in [3.8, 4) is 0 Å². The average Bonchev–Trinajstić information content (AvgIpc) is 2.81. The second-order valence-corrected chi connectivity index (χ2v) is 5.16. The minimum atomic E-state index is 0.0132. The molecule has 1 rings (SSSR count). The van der Waals surface area contributed by atoms with E-state index in [0.29, 0.717) is 0 Å². The molecule has 0 amide bonds. The van der Waals surface area contributed by atoms with Crippen molar-refractivity contribution in [2.45, 2.75) is 51.7 Å². The van der Waals surface area contributed by atoms with Gasteiger partial charge in [-0.05, 0) is 34.4 Å². The van der Waals surface area contributed by atoms with Crippen LogP contribution in [0.25, 0.3) is 0 Å². The SMILES string of the molecule is CCn1ccnc1CC(NN)C(C)(CC)N(C)C. The van der Waals surface area contributed by atoms with E-state index >= 15 is 0 Å². The molecular weight excluding hydrogens is 226 g/mol. The summed E-state index contributed by atoms with van der Waals surface area (Å²) in [5, 5.41) is 0. The van der Waals surface area contributed by atoms with Crippen LogP contribution in [0.2, 0.25) is 0 Å². The zero-order valence-electron chi connectivity index (χ0n) is 12.3. The molecule has 0 aromatic carbocycles. The highest BCUT2D eigenvalue weighted by Crippen LogP contribution is 2.23. The van der Waals surface area contributed by atoms with Gasteiger partial charge in [0.15, 0.2) is 0 Å². The Bertz CT molecular complexity index is 360. The van der Waals surface area contributed by atoms with Crippen LogP contribution >= 0.6 is 0 Å². The molecule has 2 unspecified atom stereocenters. The lowest BCUT2D eigenvalue weighted by molar-refractivity contribution is 0.111. The van der Waals surface area contributed by atoms with E-state index in [-0.39, 0.29) is 11.6 Å². The van der Waals surface area contributed by atoms with Crippen molar-refractivity contribution in [3.05, 3.63) is 18.2 Å². The van der Waals surface area contributed by atoms with E-state index in [2.05, 4.69) is 54.7 Å². The Morgan fingerprint density at radius 3 is 2.61 bits per heavy atom. The molecule has 5 heteroatoms. The number of aromatic nitrogens is 2. The van der Waals surface area contributed by atoms with Crippen molar-refractivity contribution in [2.24, 2.45) is 5.84 Å². The molecule has 0 fully saturated rings. The maximum atomic E-state index is 5.77. The summed E-state index contributed by atoms with van der Waals surface area (Å²) in [6.07, 6.45) is 5.73. The van der Waals surface area contributed by atoms with E-state index in [1.807, 2.05) is 12.4 Å². The first kappa shape index (κ1) is 15.1. The Morgan fingerprint density at radius 1 is 1.50 bits per heavy atom. The molecule has 104 valence electrons. The molecule has 2 atom stereocenters. The molecule has 1 aromatic rings. The van der Waals surface area contributed by atoms with E-state index in [4.69, 9.17) is 5.84 Å². The third-order valence-electron chi connectivity index (χ3n) is 4.22. The monoisotopic (exact) mass is 253 g/mol. The molecule has 1 aromatic heterocycles. The first-order chi connectivity index (χ1) is 8.49. The quantitative estimate of drug-likeness (QED) is 0.562. The number of nitrogens with two attached hydrogens (primary N) is 1. The van der Waals surface area contributed by atoms with Crippen LogP contribution in [0.3, 0.4) is 0 Å². The number of hydrogen-bond donors (Lipinski definition) is 2. The number of nitrogens with one attached hydrogen (secondary N) is 1. The van der Waals surface area contributed by atoms with Gasteiger partial charge in [-0.1, -0.05) is 6.92 Å². The molecule has 0 aliphatic rings. The van der Waals surface area contributed by atoms with Crippen molar-refractivity contribution in [3.63, 3.8) is 0 Å². The topological polar surface area (TPSA) is 59.1 Å². The normalized spacial score (nSPS) is 16.8. The standard InChI is InChI=1S/C13H27N5/c1-6-13(3,17(4)5)11(16-14)10-12-15-8-9-18(12)7-2/h8-9,11,16H,6-7,10,14H2,1-5H3. The molecule has 0 saturated carbocycles. The summed E-state index contributed by atoms with van der Waals surface area (Å²) < 4.78 is 2.16. The number of rotatable bonds is 7. The van der Waals surface area contributed by atoms with Crippen LogP contribution in [0.15, 0.2) is 12.4 Å². The lowest BCUT2D eigenvalue weighted by atomic mass is 9.86. The van der Waals surface area contributed by atoms with Gasteiger partial charge in [-0.2, -0.15) is 0 Å². The Morgan fingerprint density at radius 2 is 2.17 bits per heavy atom. The van der Waals surface area contributed by atoms with Gasteiger partial charge in [0.1, 0.15) is 5.82 Å². The summed E-state index contributed by atoms with van der Waals surface area (Å²) in [4.78, 5) is 6.66. The summed E-state index contributed by atoms with van der Waals surface area (Å²) >= 11 is 0. The molecule has 18 heavy (non-hydrogen) atoms. The van der Waals surface area contributed by atoms with Crippen LogP contribution in [0.4, 0.5) is 0 Å². The van der Waals surface area contributed by atoms with E-state index < -0.39 is 0 Å². The third kappa shape index (κ3) is 2.91. The van der Waals surface area contributed by atoms with Gasteiger partial charge in [0, 0.05) is 36.9 Å². The average molecular weight is 253 g/mol. The highest BCUT2D eigenvalue weighted by molar-refractivity contribution is 5.02. The largest absolute Gasteiger partial charge is 0.335 e. The fourth-order valence-electron chi connectivity index (χ4n) is 2.33. The molecule has 1 heterocycles. The molecule has 5 nitrogen and oxygen atoms in total. The van der Waals surface area contributed by atoms with Crippen LogP contribution in [0.1, 0.15) is 33.0 Å². The van der Waals surface area contributed by atoms with Gasteiger partial charge in [-0.3, -0.25) is 11.3 Å².